The van der Waals surface area contributed by atoms with Gasteiger partial charge in [-0.25, -0.2) is 4.98 Å². The molecule has 0 saturated heterocycles. The molecule has 5 aromatic heterocycles. The summed E-state index contributed by atoms with van der Waals surface area (Å²) >= 11 is 0. The highest BCUT2D eigenvalue weighted by Gasteiger charge is 2.17. The van der Waals surface area contributed by atoms with Crippen molar-refractivity contribution in [2.75, 3.05) is 0 Å². The third kappa shape index (κ3) is 3.60. The number of aromatic nitrogens is 4. The highest BCUT2D eigenvalue weighted by Crippen LogP contribution is 2.38. The van der Waals surface area contributed by atoms with E-state index >= 15 is 0 Å². The van der Waals surface area contributed by atoms with Crippen LogP contribution < -0.4 is 0 Å². The van der Waals surface area contributed by atoms with Crippen LogP contribution >= 0.6 is 0 Å². The molecule has 0 spiro atoms. The van der Waals surface area contributed by atoms with Gasteiger partial charge in [-0.05, 0) is 83.9 Å². The molecule has 5 heteroatoms. The Hall–Kier alpha value is -5.55. The number of hydrogen-bond donors (Lipinski definition) is 0. The average molecular weight is 515 g/mol. The molecule has 5 heterocycles. The Morgan fingerprint density at radius 1 is 0.550 bits per heavy atom. The van der Waals surface area contributed by atoms with E-state index in [2.05, 4.69) is 87.3 Å². The lowest BCUT2D eigenvalue weighted by molar-refractivity contribution is 0.619. The Balaban J connectivity index is 1.35. The molecule has 5 nitrogen and oxygen atoms in total. The molecule has 0 aliphatic heterocycles. The number of furan rings is 1. The summed E-state index contributed by atoms with van der Waals surface area (Å²) in [6, 6.07) is 35.7. The zero-order valence-corrected chi connectivity index (χ0v) is 21.4. The third-order valence-corrected chi connectivity index (χ3v) is 7.47. The van der Waals surface area contributed by atoms with Crippen molar-refractivity contribution in [3.05, 3.63) is 134 Å². The zero-order valence-electron chi connectivity index (χ0n) is 21.4. The lowest BCUT2D eigenvalue weighted by Gasteiger charge is -2.12. The van der Waals surface area contributed by atoms with Crippen molar-refractivity contribution in [3.63, 3.8) is 0 Å². The molecule has 0 amide bonds. The van der Waals surface area contributed by atoms with Gasteiger partial charge < -0.3 is 8.98 Å². The standard InChI is InChI=1S/C35H22N4O/c1-2-7-32-29(6-1)34-33(9-8-25-14-19-40-35(25)34)39(32)28-5-3-4-26(20-28)31-22-27(23-10-15-36-16-11-23)21-30(38-31)24-12-17-37-18-13-24/h1-22H. The van der Waals surface area contributed by atoms with E-state index in [1.165, 1.54) is 5.39 Å². The minimum atomic E-state index is 0.897. The lowest BCUT2D eigenvalue weighted by Crippen LogP contribution is -1.96. The van der Waals surface area contributed by atoms with Crippen molar-refractivity contribution < 1.29 is 4.42 Å². The Morgan fingerprint density at radius 2 is 1.30 bits per heavy atom. The van der Waals surface area contributed by atoms with Crippen LogP contribution in [0.1, 0.15) is 0 Å². The van der Waals surface area contributed by atoms with Crippen LogP contribution in [0.4, 0.5) is 0 Å². The first-order valence-electron chi connectivity index (χ1n) is 13.2. The molecule has 0 aliphatic carbocycles. The third-order valence-electron chi connectivity index (χ3n) is 7.47. The predicted octanol–water partition coefficient (Wildman–Crippen LogP) is 8.72. The maximum Gasteiger partial charge on any atom is 0.143 e. The van der Waals surface area contributed by atoms with E-state index in [0.29, 0.717) is 0 Å². The van der Waals surface area contributed by atoms with E-state index in [4.69, 9.17) is 9.40 Å². The highest BCUT2D eigenvalue weighted by atomic mass is 16.3. The normalized spacial score (nSPS) is 11.5. The Bertz CT molecular complexity index is 2100. The van der Waals surface area contributed by atoms with Gasteiger partial charge in [0, 0.05) is 52.4 Å². The van der Waals surface area contributed by atoms with Gasteiger partial charge in [0.25, 0.3) is 0 Å². The quantitative estimate of drug-likeness (QED) is 0.236. The van der Waals surface area contributed by atoms with E-state index in [9.17, 15) is 0 Å². The SMILES string of the molecule is c1cc(-c2cc(-c3ccncc3)cc(-c3ccncc3)n2)cc(-n2c3ccccc3c3c4occc4ccc32)c1. The van der Waals surface area contributed by atoms with Crippen molar-refractivity contribution in [2.24, 2.45) is 0 Å². The summed E-state index contributed by atoms with van der Waals surface area (Å²) in [6.07, 6.45) is 9.00. The number of para-hydroxylation sites is 1. The number of fused-ring (bicyclic) bond motifs is 5. The van der Waals surface area contributed by atoms with Crippen molar-refractivity contribution in [1.82, 2.24) is 19.5 Å². The summed E-state index contributed by atoms with van der Waals surface area (Å²) in [7, 11) is 0. The van der Waals surface area contributed by atoms with Crippen LogP contribution in [0.5, 0.6) is 0 Å². The minimum Gasteiger partial charge on any atom is -0.464 e. The van der Waals surface area contributed by atoms with Gasteiger partial charge in [-0.2, -0.15) is 0 Å². The largest absolute Gasteiger partial charge is 0.464 e. The summed E-state index contributed by atoms with van der Waals surface area (Å²) < 4.78 is 8.27. The molecular formula is C35H22N4O. The van der Waals surface area contributed by atoms with Crippen LogP contribution in [0.2, 0.25) is 0 Å². The van der Waals surface area contributed by atoms with Gasteiger partial charge in [-0.15, -0.1) is 0 Å². The van der Waals surface area contributed by atoms with E-state index in [-0.39, 0.29) is 0 Å². The monoisotopic (exact) mass is 514 g/mol. The second-order valence-corrected chi connectivity index (χ2v) is 9.80. The first-order valence-corrected chi connectivity index (χ1v) is 13.2. The molecule has 0 fully saturated rings. The molecule has 8 aromatic rings. The van der Waals surface area contributed by atoms with Crippen LogP contribution in [-0.2, 0) is 0 Å². The Labute approximate surface area is 230 Å². The van der Waals surface area contributed by atoms with E-state index in [1.54, 1.807) is 18.7 Å². The lowest BCUT2D eigenvalue weighted by atomic mass is 10.0. The second kappa shape index (κ2) is 9.03. The van der Waals surface area contributed by atoms with E-state index in [0.717, 1.165) is 66.7 Å². The van der Waals surface area contributed by atoms with Crippen molar-refractivity contribution in [1.29, 1.82) is 0 Å². The fourth-order valence-electron chi connectivity index (χ4n) is 5.62. The summed E-state index contributed by atoms with van der Waals surface area (Å²) in [5.74, 6) is 0. The number of benzene rings is 3. The summed E-state index contributed by atoms with van der Waals surface area (Å²) in [6.45, 7) is 0. The first kappa shape index (κ1) is 22.4. The zero-order chi connectivity index (χ0) is 26.5. The highest BCUT2D eigenvalue weighted by molar-refractivity contribution is 6.19. The second-order valence-electron chi connectivity index (χ2n) is 9.80. The molecule has 3 aromatic carbocycles. The Morgan fingerprint density at radius 3 is 2.12 bits per heavy atom. The number of nitrogens with zero attached hydrogens (tertiary/aromatic N) is 4. The molecular weight excluding hydrogens is 492 g/mol. The van der Waals surface area contributed by atoms with Gasteiger partial charge in [0.1, 0.15) is 5.58 Å². The maximum atomic E-state index is 5.96. The smallest absolute Gasteiger partial charge is 0.143 e. The molecule has 0 unspecified atom stereocenters. The van der Waals surface area contributed by atoms with Gasteiger partial charge in [-0.1, -0.05) is 30.3 Å². The van der Waals surface area contributed by atoms with Crippen LogP contribution in [0, 0.1) is 0 Å². The molecule has 0 aliphatic rings. The van der Waals surface area contributed by atoms with Gasteiger partial charge in [0.05, 0.1) is 34.1 Å². The van der Waals surface area contributed by atoms with E-state index < -0.39 is 0 Å². The summed E-state index contributed by atoms with van der Waals surface area (Å²) in [5, 5.41) is 3.40. The number of rotatable bonds is 4. The minimum absolute atomic E-state index is 0.897. The van der Waals surface area contributed by atoms with Crippen molar-refractivity contribution in [3.8, 4) is 39.3 Å². The van der Waals surface area contributed by atoms with Crippen LogP contribution in [0.15, 0.2) is 139 Å². The average Bonchev–Trinajstić information content (AvgIpc) is 3.64. The number of hydrogen-bond acceptors (Lipinski definition) is 4. The Kier molecular flexibility index (Phi) is 5.07. The molecule has 0 bridgehead atoms. The molecule has 0 atom stereocenters. The van der Waals surface area contributed by atoms with Gasteiger partial charge in [0.2, 0.25) is 0 Å². The van der Waals surface area contributed by atoms with Gasteiger partial charge >= 0.3 is 0 Å². The van der Waals surface area contributed by atoms with Gasteiger partial charge in [0.15, 0.2) is 0 Å². The van der Waals surface area contributed by atoms with Crippen LogP contribution in [0.25, 0.3) is 72.1 Å². The van der Waals surface area contributed by atoms with Gasteiger partial charge in [-0.3, -0.25) is 9.97 Å². The van der Waals surface area contributed by atoms with Crippen LogP contribution in [-0.4, -0.2) is 19.5 Å². The molecule has 188 valence electrons. The van der Waals surface area contributed by atoms with Crippen molar-refractivity contribution in [2.45, 2.75) is 0 Å². The topological polar surface area (TPSA) is 56.7 Å². The van der Waals surface area contributed by atoms with Crippen molar-refractivity contribution >= 4 is 32.8 Å². The maximum absolute atomic E-state index is 5.96. The molecule has 0 saturated carbocycles. The van der Waals surface area contributed by atoms with Crippen LogP contribution in [0.3, 0.4) is 0 Å². The first-order chi connectivity index (χ1) is 19.8. The summed E-state index contributed by atoms with van der Waals surface area (Å²) in [4.78, 5) is 13.5. The molecule has 0 radical (unpaired) electrons. The fraction of sp³-hybridized carbons (Fsp3) is 0. The molecule has 8 rings (SSSR count). The number of pyridine rings is 3. The van der Waals surface area contributed by atoms with E-state index in [1.807, 2.05) is 42.7 Å². The predicted molar refractivity (Wildman–Crippen MR) is 160 cm³/mol. The summed E-state index contributed by atoms with van der Waals surface area (Å²) in [5.41, 5.74) is 10.3. The fourth-order valence-corrected chi connectivity index (χ4v) is 5.62. The molecule has 40 heavy (non-hydrogen) atoms. The molecule has 0 N–H and O–H groups in total.